The zero-order valence-corrected chi connectivity index (χ0v) is 18.5. The lowest BCUT2D eigenvalue weighted by Crippen LogP contribution is -2.42. The molecule has 2 aromatic rings. The molecular weight excluding hydrogens is 467 g/mol. The van der Waals surface area contributed by atoms with Gasteiger partial charge in [0, 0.05) is 32.1 Å². The number of hydrogen-bond acceptors (Lipinski definition) is 3. The molecule has 0 saturated heterocycles. The molecule has 1 atom stereocenters. The van der Waals surface area contributed by atoms with Crippen LogP contribution < -0.4 is 20.7 Å². The first kappa shape index (κ1) is 22.0. The van der Waals surface area contributed by atoms with Gasteiger partial charge in [-0.1, -0.05) is 30.3 Å². The summed E-state index contributed by atoms with van der Waals surface area (Å²) in [5.41, 5.74) is 2.93. The van der Waals surface area contributed by atoms with Crippen LogP contribution in [0.5, 0.6) is 5.75 Å². The zero-order valence-electron chi connectivity index (χ0n) is 16.2. The zero-order chi connectivity index (χ0) is 19.1. The number of amides is 1. The highest BCUT2D eigenvalue weighted by Crippen LogP contribution is 2.27. The maximum absolute atomic E-state index is 12.0. The molecule has 3 rings (SSSR count). The van der Waals surface area contributed by atoms with Crippen LogP contribution in [0.3, 0.4) is 0 Å². The van der Waals surface area contributed by atoms with Gasteiger partial charge in [-0.3, -0.25) is 9.79 Å². The topological polar surface area (TPSA) is 74.8 Å². The maximum atomic E-state index is 12.0. The summed E-state index contributed by atoms with van der Waals surface area (Å²) in [5, 5.41) is 9.40. The van der Waals surface area contributed by atoms with Crippen molar-refractivity contribution >= 4 is 35.8 Å². The van der Waals surface area contributed by atoms with Crippen molar-refractivity contribution in [2.75, 3.05) is 20.1 Å². The van der Waals surface area contributed by atoms with Crippen molar-refractivity contribution in [2.24, 2.45) is 4.99 Å². The van der Waals surface area contributed by atoms with Crippen LogP contribution in [-0.4, -0.2) is 38.1 Å². The summed E-state index contributed by atoms with van der Waals surface area (Å²) >= 11 is 0. The summed E-state index contributed by atoms with van der Waals surface area (Å²) in [7, 11) is 1.74. The van der Waals surface area contributed by atoms with Crippen LogP contribution in [0.25, 0.3) is 0 Å². The Morgan fingerprint density at radius 3 is 2.71 bits per heavy atom. The van der Waals surface area contributed by atoms with Gasteiger partial charge in [-0.25, -0.2) is 0 Å². The Balaban J connectivity index is 0.00000280. The molecule has 0 aliphatic carbocycles. The van der Waals surface area contributed by atoms with E-state index in [9.17, 15) is 4.79 Å². The molecule has 28 heavy (non-hydrogen) atoms. The number of fused-ring (bicyclic) bond motifs is 1. The van der Waals surface area contributed by atoms with Gasteiger partial charge in [0.2, 0.25) is 0 Å². The highest BCUT2D eigenvalue weighted by molar-refractivity contribution is 14.0. The Labute approximate surface area is 183 Å². The molecule has 0 bridgehead atoms. The Bertz CT molecular complexity index is 801. The Morgan fingerprint density at radius 1 is 1.14 bits per heavy atom. The summed E-state index contributed by atoms with van der Waals surface area (Å²) in [5.74, 6) is 1.62. The number of guanidine groups is 1. The SMILES string of the molecule is CCNC(=O)c1cccc(CNC(=NC)NCC2Cc3ccccc3O2)c1.I. The summed E-state index contributed by atoms with van der Waals surface area (Å²) in [6.07, 6.45) is 0.997. The molecule has 0 spiro atoms. The summed E-state index contributed by atoms with van der Waals surface area (Å²) in [4.78, 5) is 16.2. The van der Waals surface area contributed by atoms with Gasteiger partial charge in [0.1, 0.15) is 11.9 Å². The average molecular weight is 494 g/mol. The number of carbonyl (C=O) groups excluding carboxylic acids is 1. The number of nitrogens with one attached hydrogen (secondary N) is 3. The number of aliphatic imine (C=N–C) groups is 1. The highest BCUT2D eigenvalue weighted by atomic mass is 127. The first-order valence-electron chi connectivity index (χ1n) is 9.25. The fourth-order valence-corrected chi connectivity index (χ4v) is 3.07. The minimum atomic E-state index is -0.0557. The third-order valence-electron chi connectivity index (χ3n) is 4.42. The van der Waals surface area contributed by atoms with Gasteiger partial charge in [-0.05, 0) is 36.2 Å². The minimum Gasteiger partial charge on any atom is -0.488 e. The first-order chi connectivity index (χ1) is 13.2. The largest absolute Gasteiger partial charge is 0.488 e. The second kappa shape index (κ2) is 10.9. The van der Waals surface area contributed by atoms with Crippen molar-refractivity contribution in [3.8, 4) is 5.75 Å². The predicted molar refractivity (Wildman–Crippen MR) is 123 cm³/mol. The van der Waals surface area contributed by atoms with E-state index in [4.69, 9.17) is 4.74 Å². The van der Waals surface area contributed by atoms with Gasteiger partial charge >= 0.3 is 0 Å². The third-order valence-corrected chi connectivity index (χ3v) is 4.42. The van der Waals surface area contributed by atoms with Gasteiger partial charge in [0.25, 0.3) is 5.91 Å². The van der Waals surface area contributed by atoms with Crippen molar-refractivity contribution in [3.63, 3.8) is 0 Å². The Hall–Kier alpha value is -2.29. The third kappa shape index (κ3) is 5.85. The van der Waals surface area contributed by atoms with E-state index in [1.165, 1.54) is 5.56 Å². The summed E-state index contributed by atoms with van der Waals surface area (Å²) < 4.78 is 5.94. The number of ether oxygens (including phenoxy) is 1. The molecule has 1 unspecified atom stereocenters. The number of rotatable bonds is 6. The first-order valence-corrected chi connectivity index (χ1v) is 9.25. The molecule has 0 saturated carbocycles. The number of carbonyl (C=O) groups is 1. The van der Waals surface area contributed by atoms with E-state index in [0.717, 1.165) is 17.7 Å². The van der Waals surface area contributed by atoms with E-state index in [2.05, 4.69) is 27.0 Å². The quantitative estimate of drug-likeness (QED) is 0.328. The van der Waals surface area contributed by atoms with Gasteiger partial charge in [0.05, 0.1) is 6.54 Å². The molecule has 6 nitrogen and oxygen atoms in total. The number of para-hydroxylation sites is 1. The van der Waals surface area contributed by atoms with Crippen LogP contribution in [0.4, 0.5) is 0 Å². The average Bonchev–Trinajstić information content (AvgIpc) is 3.11. The van der Waals surface area contributed by atoms with Crippen LogP contribution >= 0.6 is 24.0 Å². The maximum Gasteiger partial charge on any atom is 0.251 e. The molecule has 7 heteroatoms. The van der Waals surface area contributed by atoms with Crippen molar-refractivity contribution in [1.82, 2.24) is 16.0 Å². The van der Waals surface area contributed by atoms with E-state index in [0.29, 0.717) is 31.2 Å². The number of halogens is 1. The number of benzene rings is 2. The van der Waals surface area contributed by atoms with Gasteiger partial charge in [-0.2, -0.15) is 0 Å². The van der Waals surface area contributed by atoms with E-state index in [-0.39, 0.29) is 36.0 Å². The van der Waals surface area contributed by atoms with E-state index in [1.54, 1.807) is 7.05 Å². The molecule has 3 N–H and O–H groups in total. The van der Waals surface area contributed by atoms with Crippen molar-refractivity contribution < 1.29 is 9.53 Å². The van der Waals surface area contributed by atoms with Crippen molar-refractivity contribution in [2.45, 2.75) is 26.0 Å². The monoisotopic (exact) mass is 494 g/mol. The van der Waals surface area contributed by atoms with Crippen molar-refractivity contribution in [1.29, 1.82) is 0 Å². The lowest BCUT2D eigenvalue weighted by molar-refractivity contribution is 0.0955. The Kier molecular flexibility index (Phi) is 8.56. The second-order valence-corrected chi connectivity index (χ2v) is 6.42. The lowest BCUT2D eigenvalue weighted by atomic mass is 10.1. The molecule has 0 fully saturated rings. The van der Waals surface area contributed by atoms with Crippen LogP contribution in [0, 0.1) is 0 Å². The normalized spacial score (nSPS) is 15.1. The van der Waals surface area contributed by atoms with Crippen LogP contribution in [0.15, 0.2) is 53.5 Å². The van der Waals surface area contributed by atoms with Crippen LogP contribution in [0.2, 0.25) is 0 Å². The Morgan fingerprint density at radius 2 is 1.96 bits per heavy atom. The smallest absolute Gasteiger partial charge is 0.251 e. The molecule has 150 valence electrons. The van der Waals surface area contributed by atoms with E-state index >= 15 is 0 Å². The van der Waals surface area contributed by atoms with Gasteiger partial charge < -0.3 is 20.7 Å². The molecule has 1 aliphatic heterocycles. The standard InChI is InChI=1S/C21H26N4O2.HI/c1-3-23-20(26)17-9-6-7-15(11-17)13-24-21(22-2)25-14-18-12-16-8-4-5-10-19(16)27-18;/h4-11,18H,3,12-14H2,1-2H3,(H,23,26)(H2,22,24,25);1H. The summed E-state index contributed by atoms with van der Waals surface area (Å²) in [6, 6.07) is 15.7. The fraction of sp³-hybridized carbons (Fsp3) is 0.333. The molecule has 0 radical (unpaired) electrons. The van der Waals surface area contributed by atoms with E-state index < -0.39 is 0 Å². The molecular formula is C21H27IN4O2. The van der Waals surface area contributed by atoms with E-state index in [1.807, 2.05) is 49.4 Å². The predicted octanol–water partition coefficient (Wildman–Crippen LogP) is 2.72. The van der Waals surface area contributed by atoms with Gasteiger partial charge in [0.15, 0.2) is 5.96 Å². The lowest BCUT2D eigenvalue weighted by Gasteiger charge is -2.16. The number of hydrogen-bond donors (Lipinski definition) is 3. The minimum absolute atomic E-state index is 0. The molecule has 0 aromatic heterocycles. The second-order valence-electron chi connectivity index (χ2n) is 6.42. The molecule has 1 aliphatic rings. The van der Waals surface area contributed by atoms with Crippen molar-refractivity contribution in [3.05, 3.63) is 65.2 Å². The number of nitrogens with zero attached hydrogens (tertiary/aromatic N) is 1. The highest BCUT2D eigenvalue weighted by Gasteiger charge is 2.22. The van der Waals surface area contributed by atoms with Gasteiger partial charge in [-0.15, -0.1) is 24.0 Å². The fourth-order valence-electron chi connectivity index (χ4n) is 3.07. The summed E-state index contributed by atoms with van der Waals surface area (Å²) in [6.45, 7) is 3.78. The molecule has 2 aromatic carbocycles. The van der Waals surface area contributed by atoms with Crippen LogP contribution in [-0.2, 0) is 13.0 Å². The molecule has 1 amide bonds. The van der Waals surface area contributed by atoms with Crippen LogP contribution in [0.1, 0.15) is 28.4 Å². The molecule has 1 heterocycles.